The lowest BCUT2D eigenvalue weighted by atomic mass is 9.74. The quantitative estimate of drug-likeness (QED) is 0.149. The summed E-state index contributed by atoms with van der Waals surface area (Å²) in [6.45, 7) is 0.869. The van der Waals surface area contributed by atoms with Crippen LogP contribution >= 0.6 is 12.4 Å². The van der Waals surface area contributed by atoms with E-state index in [2.05, 4.69) is 22.1 Å². The van der Waals surface area contributed by atoms with E-state index in [1.807, 2.05) is 82.2 Å². The van der Waals surface area contributed by atoms with Crippen LogP contribution in [-0.4, -0.2) is 47.0 Å². The fourth-order valence-electron chi connectivity index (χ4n) is 7.41. The smallest absolute Gasteiger partial charge is 0.319 e. The minimum absolute atomic E-state index is 0. The first-order valence-corrected chi connectivity index (χ1v) is 17.0. The molecule has 10 heteroatoms. The summed E-state index contributed by atoms with van der Waals surface area (Å²) >= 11 is 0. The zero-order valence-corrected chi connectivity index (χ0v) is 29.3. The van der Waals surface area contributed by atoms with Gasteiger partial charge in [-0.25, -0.2) is 0 Å². The van der Waals surface area contributed by atoms with Gasteiger partial charge in [0.1, 0.15) is 10.8 Å². The number of carboxylic acid groups (broad SMARTS) is 2. The van der Waals surface area contributed by atoms with E-state index in [-0.39, 0.29) is 31.0 Å². The van der Waals surface area contributed by atoms with Crippen molar-refractivity contribution in [3.63, 3.8) is 0 Å². The molecule has 0 amide bonds. The van der Waals surface area contributed by atoms with Gasteiger partial charge >= 0.3 is 11.9 Å². The Kier molecular flexibility index (Phi) is 9.28. The normalized spacial score (nSPS) is 19.4. The summed E-state index contributed by atoms with van der Waals surface area (Å²) in [4.78, 5) is 48.7. The van der Waals surface area contributed by atoms with Crippen molar-refractivity contribution in [1.29, 1.82) is 0 Å². The van der Waals surface area contributed by atoms with Crippen molar-refractivity contribution in [2.75, 3.05) is 0 Å². The van der Waals surface area contributed by atoms with E-state index in [1.165, 1.54) is 0 Å². The molecule has 4 aromatic heterocycles. The second-order valence-corrected chi connectivity index (χ2v) is 13.4. The van der Waals surface area contributed by atoms with Gasteiger partial charge in [-0.15, -0.1) is 12.4 Å². The highest BCUT2D eigenvalue weighted by atomic mass is 35.5. The number of carbonyl (C=O) groups is 3. The highest BCUT2D eigenvalue weighted by molar-refractivity contribution is 6.12. The van der Waals surface area contributed by atoms with E-state index in [0.29, 0.717) is 35.6 Å². The van der Waals surface area contributed by atoms with Gasteiger partial charge in [-0.3, -0.25) is 24.4 Å². The number of fused-ring (bicyclic) bond motifs is 2. The Morgan fingerprint density at radius 1 is 0.623 bits per heavy atom. The van der Waals surface area contributed by atoms with Crippen molar-refractivity contribution < 1.29 is 24.6 Å². The topological polar surface area (TPSA) is 127 Å². The average Bonchev–Trinajstić information content (AvgIpc) is 3.84. The Labute approximate surface area is 311 Å². The molecule has 2 aliphatic carbocycles. The monoisotopic (exact) mass is 722 g/mol. The molecule has 9 nitrogen and oxygen atoms in total. The van der Waals surface area contributed by atoms with Crippen LogP contribution in [-0.2, 0) is 38.3 Å². The van der Waals surface area contributed by atoms with Crippen molar-refractivity contribution in [2.24, 2.45) is 0 Å². The lowest BCUT2D eigenvalue weighted by Crippen LogP contribution is -2.38. The minimum atomic E-state index is -1.38. The molecule has 0 spiro atoms. The van der Waals surface area contributed by atoms with Gasteiger partial charge in [0.2, 0.25) is 0 Å². The number of benzene rings is 2. The largest absolute Gasteiger partial charge is 0.480 e. The van der Waals surface area contributed by atoms with Gasteiger partial charge in [0.25, 0.3) is 0 Å². The number of pyridine rings is 2. The number of ketones is 1. The third-order valence-corrected chi connectivity index (χ3v) is 10.2. The standard InChI is InChI=1S/C43H34N4O5.ClH/c48-39(31-13-17-42(18-14-31,40(49)50)37-11-5-21-46(37)27-29-23-33-7-1-3-9-35(33)44-25-29)32-15-19-43(20-16-32,41(51)52)38-12-6-22-47(38)28-30-24-34-8-2-4-10-36(34)45-26-30;/h1-17,19,21-26H,18,20,27-28H2,(H,49,50)(H,51,52);1H. The van der Waals surface area contributed by atoms with Crippen LogP contribution in [0, 0.1) is 0 Å². The number of rotatable bonds is 10. The summed E-state index contributed by atoms with van der Waals surface area (Å²) in [5, 5.41) is 23.1. The number of carbonyl (C=O) groups excluding carboxylic acids is 1. The highest BCUT2D eigenvalue weighted by Crippen LogP contribution is 2.39. The summed E-state index contributed by atoms with van der Waals surface area (Å²) in [6.07, 6.45) is 17.1. The Balaban J connectivity index is 0.00000435. The molecular formula is C43H35ClN4O5. The molecule has 53 heavy (non-hydrogen) atoms. The summed E-state index contributed by atoms with van der Waals surface area (Å²) in [6, 6.07) is 27.0. The molecule has 2 unspecified atom stereocenters. The van der Waals surface area contributed by atoms with Crippen molar-refractivity contribution >= 4 is 51.9 Å². The summed E-state index contributed by atoms with van der Waals surface area (Å²) < 4.78 is 3.82. The molecule has 2 aromatic carbocycles. The lowest BCUT2D eigenvalue weighted by molar-refractivity contribution is -0.143. The van der Waals surface area contributed by atoms with E-state index >= 15 is 0 Å². The number of aromatic nitrogens is 4. The average molecular weight is 723 g/mol. The fourth-order valence-corrected chi connectivity index (χ4v) is 7.41. The Morgan fingerprint density at radius 2 is 1.06 bits per heavy atom. The lowest BCUT2D eigenvalue weighted by Gasteiger charge is -2.30. The van der Waals surface area contributed by atoms with Crippen LogP contribution in [0.2, 0.25) is 0 Å². The maximum absolute atomic E-state index is 13.8. The fraction of sp³-hybridized carbons (Fsp3) is 0.140. The van der Waals surface area contributed by atoms with E-state index in [9.17, 15) is 24.6 Å². The minimum Gasteiger partial charge on any atom is -0.480 e. The van der Waals surface area contributed by atoms with Crippen molar-refractivity contribution in [2.45, 2.75) is 36.8 Å². The molecule has 8 rings (SSSR count). The van der Waals surface area contributed by atoms with Gasteiger partial charge in [-0.2, -0.15) is 0 Å². The van der Waals surface area contributed by atoms with Gasteiger partial charge in [-0.05, 0) is 72.5 Å². The molecule has 6 aromatic rings. The molecule has 0 fully saturated rings. The molecule has 0 saturated heterocycles. The molecule has 2 aliphatic rings. The zero-order chi connectivity index (χ0) is 35.9. The summed E-state index contributed by atoms with van der Waals surface area (Å²) in [5.74, 6) is -2.33. The molecule has 4 heterocycles. The number of allylic oxidation sites excluding steroid dienone is 6. The molecule has 2 atom stereocenters. The second kappa shape index (κ2) is 14.0. The maximum atomic E-state index is 13.8. The van der Waals surface area contributed by atoms with Crippen LogP contribution in [0.25, 0.3) is 21.8 Å². The van der Waals surface area contributed by atoms with Crippen LogP contribution in [0.4, 0.5) is 0 Å². The highest BCUT2D eigenvalue weighted by Gasteiger charge is 2.43. The molecular weight excluding hydrogens is 688 g/mol. The van der Waals surface area contributed by atoms with E-state index < -0.39 is 22.8 Å². The number of aliphatic carboxylic acids is 2. The molecule has 0 saturated carbocycles. The van der Waals surface area contributed by atoms with E-state index in [4.69, 9.17) is 0 Å². The third-order valence-electron chi connectivity index (χ3n) is 10.2. The van der Waals surface area contributed by atoms with E-state index in [0.717, 1.165) is 32.9 Å². The van der Waals surface area contributed by atoms with Crippen LogP contribution in [0.5, 0.6) is 0 Å². The molecule has 264 valence electrons. The SMILES string of the molecule is Cl.O=C(C1=CCC(C(=O)O)(c2cccn2Cc2cnc3ccccc3c2)C=C1)C1=CCC(C(=O)O)(c2cccn2Cc2cnc3ccccc3c2)C=C1. The Bertz CT molecular complexity index is 2370. The van der Waals surface area contributed by atoms with Gasteiger partial charge in [-0.1, -0.05) is 72.9 Å². The van der Waals surface area contributed by atoms with Crippen LogP contribution < -0.4 is 0 Å². The van der Waals surface area contributed by atoms with Crippen molar-refractivity contribution in [1.82, 2.24) is 19.1 Å². The first kappa shape index (κ1) is 35.1. The predicted octanol–water partition coefficient (Wildman–Crippen LogP) is 7.59. The molecule has 0 aliphatic heterocycles. The van der Waals surface area contributed by atoms with Crippen LogP contribution in [0.1, 0.15) is 35.4 Å². The zero-order valence-electron chi connectivity index (χ0n) is 28.5. The number of nitrogens with zero attached hydrogens (tertiary/aromatic N) is 4. The number of carboxylic acids is 2. The molecule has 0 bridgehead atoms. The number of para-hydroxylation sites is 2. The Morgan fingerprint density at radius 3 is 1.45 bits per heavy atom. The number of hydrogen-bond donors (Lipinski definition) is 2. The molecule has 0 radical (unpaired) electrons. The van der Waals surface area contributed by atoms with E-state index in [1.54, 1.807) is 61.0 Å². The molecule has 2 N–H and O–H groups in total. The van der Waals surface area contributed by atoms with Gasteiger partial charge < -0.3 is 19.3 Å². The predicted molar refractivity (Wildman–Crippen MR) is 205 cm³/mol. The van der Waals surface area contributed by atoms with Gasteiger partial charge in [0, 0.05) is 71.2 Å². The summed E-state index contributed by atoms with van der Waals surface area (Å²) in [7, 11) is 0. The summed E-state index contributed by atoms with van der Waals surface area (Å²) in [5.41, 5.74) is 2.81. The number of Topliss-reactive ketones (excluding diaryl/α,β-unsaturated/α-hetero) is 1. The third kappa shape index (κ3) is 6.29. The first-order chi connectivity index (χ1) is 25.3. The van der Waals surface area contributed by atoms with Gasteiger partial charge in [0.15, 0.2) is 5.78 Å². The number of hydrogen-bond acceptors (Lipinski definition) is 5. The first-order valence-electron chi connectivity index (χ1n) is 17.0. The van der Waals surface area contributed by atoms with Crippen LogP contribution in [0.15, 0.2) is 157 Å². The Hall–Kier alpha value is -6.32. The van der Waals surface area contributed by atoms with Crippen LogP contribution in [0.3, 0.4) is 0 Å². The van der Waals surface area contributed by atoms with Crippen molar-refractivity contribution in [3.8, 4) is 0 Å². The van der Waals surface area contributed by atoms with Crippen molar-refractivity contribution in [3.05, 3.63) is 180 Å². The second-order valence-electron chi connectivity index (χ2n) is 13.4. The maximum Gasteiger partial charge on any atom is 0.319 e. The number of halogens is 1. The van der Waals surface area contributed by atoms with Gasteiger partial charge in [0.05, 0.1) is 11.0 Å².